The molecule has 0 spiro atoms. The summed E-state index contributed by atoms with van der Waals surface area (Å²) >= 11 is 0. The second kappa shape index (κ2) is 11.7. The van der Waals surface area contributed by atoms with Gasteiger partial charge in [-0.15, -0.1) is 0 Å². The van der Waals surface area contributed by atoms with Gasteiger partial charge in [-0.1, -0.05) is 158 Å². The molecule has 0 bridgehead atoms. The van der Waals surface area contributed by atoms with Crippen LogP contribution in [0.25, 0.3) is 55.3 Å². The first-order valence-corrected chi connectivity index (χ1v) is 16.9. The summed E-state index contributed by atoms with van der Waals surface area (Å²) in [6, 6.07) is 61.9. The van der Waals surface area contributed by atoms with Crippen LogP contribution in [0.15, 0.2) is 194 Å². The lowest BCUT2D eigenvalue weighted by atomic mass is 9.96. The van der Waals surface area contributed by atoms with Crippen molar-refractivity contribution in [2.75, 3.05) is 4.90 Å². The number of allylic oxidation sites excluding steroid dienone is 2. The fraction of sp³-hybridized carbons (Fsp3) is 0.0638. The Morgan fingerprint density at radius 2 is 0.938 bits per heavy atom. The molecule has 0 heterocycles. The average molecular weight is 614 g/mol. The summed E-state index contributed by atoms with van der Waals surface area (Å²) in [5.74, 6) is 0.509. The molecule has 2 aliphatic rings. The third kappa shape index (κ3) is 5.14. The first-order valence-electron chi connectivity index (χ1n) is 16.9. The maximum atomic E-state index is 2.56. The Bertz CT molecular complexity index is 2310. The molecule has 9 rings (SSSR count). The summed E-state index contributed by atoms with van der Waals surface area (Å²) in [5, 5.41) is 2.53. The monoisotopic (exact) mass is 613 g/mol. The smallest absolute Gasteiger partial charge is 0.0706 e. The highest BCUT2D eigenvalue weighted by Crippen LogP contribution is 2.56. The molecular weight excluding hydrogens is 579 g/mol. The second-order valence-electron chi connectivity index (χ2n) is 13.1. The van der Waals surface area contributed by atoms with Crippen molar-refractivity contribution >= 4 is 22.1 Å². The van der Waals surface area contributed by atoms with Crippen LogP contribution < -0.4 is 4.90 Å². The average Bonchev–Trinajstić information content (AvgIpc) is 3.91. The van der Waals surface area contributed by atoms with Gasteiger partial charge in [0, 0.05) is 17.3 Å². The highest BCUT2D eigenvalue weighted by atomic mass is 15.2. The Morgan fingerprint density at radius 3 is 1.69 bits per heavy atom. The first kappa shape index (κ1) is 28.3. The van der Waals surface area contributed by atoms with Gasteiger partial charge < -0.3 is 4.90 Å². The highest BCUT2D eigenvalue weighted by molar-refractivity contribution is 5.88. The zero-order valence-electron chi connectivity index (χ0n) is 26.7. The zero-order chi connectivity index (χ0) is 31.9. The summed E-state index contributed by atoms with van der Waals surface area (Å²) < 4.78 is 0. The summed E-state index contributed by atoms with van der Waals surface area (Å²) in [7, 11) is 0. The molecule has 2 atom stereocenters. The van der Waals surface area contributed by atoms with E-state index in [1.165, 1.54) is 66.7 Å². The van der Waals surface area contributed by atoms with Crippen molar-refractivity contribution in [1.29, 1.82) is 0 Å². The Labute approximate surface area is 282 Å². The van der Waals surface area contributed by atoms with Gasteiger partial charge in [-0.3, -0.25) is 0 Å². The van der Waals surface area contributed by atoms with E-state index < -0.39 is 0 Å². The van der Waals surface area contributed by atoms with Gasteiger partial charge in [-0.25, -0.2) is 0 Å². The Morgan fingerprint density at radius 1 is 0.396 bits per heavy atom. The minimum absolute atomic E-state index is 0.0396. The van der Waals surface area contributed by atoms with Crippen LogP contribution in [0.2, 0.25) is 0 Å². The van der Waals surface area contributed by atoms with Crippen LogP contribution in [0.3, 0.4) is 0 Å². The zero-order valence-corrected chi connectivity index (χ0v) is 26.7. The van der Waals surface area contributed by atoms with Gasteiger partial charge in [0.05, 0.1) is 5.54 Å². The molecule has 2 unspecified atom stereocenters. The van der Waals surface area contributed by atoms with Gasteiger partial charge in [-0.2, -0.15) is 0 Å². The molecule has 0 saturated heterocycles. The lowest BCUT2D eigenvalue weighted by Gasteiger charge is -2.34. The van der Waals surface area contributed by atoms with Crippen LogP contribution in [0, 0.1) is 5.92 Å². The molecule has 0 radical (unpaired) electrons. The summed E-state index contributed by atoms with van der Waals surface area (Å²) in [6.45, 7) is 0. The number of hydrogen-bond donors (Lipinski definition) is 0. The second-order valence-corrected chi connectivity index (χ2v) is 13.1. The molecular formula is C47H35N. The largest absolute Gasteiger partial charge is 0.331 e. The van der Waals surface area contributed by atoms with Gasteiger partial charge in [0.1, 0.15) is 0 Å². The van der Waals surface area contributed by atoms with E-state index in [2.05, 4.69) is 199 Å². The topological polar surface area (TPSA) is 3.24 Å². The number of fused-ring (bicyclic) bond motifs is 2. The predicted octanol–water partition coefficient (Wildman–Crippen LogP) is 12.5. The normalized spacial score (nSPS) is 17.6. The molecule has 0 amide bonds. The van der Waals surface area contributed by atoms with E-state index in [9.17, 15) is 0 Å². The molecule has 2 aliphatic carbocycles. The minimum Gasteiger partial charge on any atom is -0.331 e. The molecule has 1 fully saturated rings. The van der Waals surface area contributed by atoms with E-state index >= 15 is 0 Å². The van der Waals surface area contributed by atoms with Gasteiger partial charge in [0.15, 0.2) is 0 Å². The van der Waals surface area contributed by atoms with E-state index in [4.69, 9.17) is 0 Å². The van der Waals surface area contributed by atoms with Gasteiger partial charge >= 0.3 is 0 Å². The van der Waals surface area contributed by atoms with Crippen molar-refractivity contribution in [3.05, 3.63) is 194 Å². The molecule has 48 heavy (non-hydrogen) atoms. The standard InChI is InChI=1S/C47H35N/c1-2-10-34(11-3-1)36-19-21-37(22-20-36)42-16-9-18-46(32-42)48(47-29-7-6-17-44(47)33-47)45-27-25-38(26-28-45)40-14-8-15-41(30-40)43-24-23-35-12-4-5-13-39(35)31-43/h1-32,44H,33H2. The maximum Gasteiger partial charge on any atom is 0.0706 e. The third-order valence-corrected chi connectivity index (χ3v) is 10.1. The lowest BCUT2D eigenvalue weighted by Crippen LogP contribution is -2.34. The van der Waals surface area contributed by atoms with E-state index in [1.807, 2.05) is 0 Å². The summed E-state index contributed by atoms with van der Waals surface area (Å²) in [5.41, 5.74) is 12.2. The molecule has 1 heteroatoms. The van der Waals surface area contributed by atoms with Gasteiger partial charge in [0.25, 0.3) is 0 Å². The highest BCUT2D eigenvalue weighted by Gasteiger charge is 2.56. The van der Waals surface area contributed by atoms with Crippen molar-refractivity contribution < 1.29 is 0 Å². The van der Waals surface area contributed by atoms with Crippen LogP contribution >= 0.6 is 0 Å². The SMILES string of the molecule is C1=CC2CC2(N(c2ccc(-c3cccc(-c4ccc5ccccc5c4)c3)cc2)c2cccc(-c3ccc(-c4ccccc4)cc3)c2)C=C1. The maximum absolute atomic E-state index is 2.56. The minimum atomic E-state index is -0.0396. The van der Waals surface area contributed by atoms with Gasteiger partial charge in [-0.05, 0) is 98.1 Å². The first-order chi connectivity index (χ1) is 23.7. The van der Waals surface area contributed by atoms with Crippen molar-refractivity contribution in [3.63, 3.8) is 0 Å². The van der Waals surface area contributed by atoms with Crippen LogP contribution in [0.4, 0.5) is 11.4 Å². The summed E-state index contributed by atoms with van der Waals surface area (Å²) in [4.78, 5) is 2.56. The van der Waals surface area contributed by atoms with Crippen molar-refractivity contribution in [3.8, 4) is 44.5 Å². The molecule has 0 aliphatic heterocycles. The van der Waals surface area contributed by atoms with Crippen LogP contribution in [0.1, 0.15) is 6.42 Å². The van der Waals surface area contributed by atoms with E-state index in [0.29, 0.717) is 5.92 Å². The Hall–Kier alpha value is -5.92. The molecule has 1 saturated carbocycles. The number of hydrogen-bond acceptors (Lipinski definition) is 1. The van der Waals surface area contributed by atoms with Gasteiger partial charge in [0.2, 0.25) is 0 Å². The van der Waals surface area contributed by atoms with Crippen LogP contribution in [-0.2, 0) is 0 Å². The summed E-state index contributed by atoms with van der Waals surface area (Å²) in [6.07, 6.45) is 10.3. The van der Waals surface area contributed by atoms with Crippen molar-refractivity contribution in [1.82, 2.24) is 0 Å². The molecule has 1 nitrogen and oxygen atoms in total. The predicted molar refractivity (Wildman–Crippen MR) is 203 cm³/mol. The third-order valence-electron chi connectivity index (χ3n) is 10.1. The molecule has 7 aromatic rings. The fourth-order valence-electron chi connectivity index (χ4n) is 7.46. The van der Waals surface area contributed by atoms with E-state index in [-0.39, 0.29) is 5.54 Å². The Balaban J connectivity index is 1.05. The molecule has 0 aromatic heterocycles. The van der Waals surface area contributed by atoms with Crippen molar-refractivity contribution in [2.45, 2.75) is 12.0 Å². The number of anilines is 2. The van der Waals surface area contributed by atoms with E-state index in [1.54, 1.807) is 0 Å². The lowest BCUT2D eigenvalue weighted by molar-refractivity contribution is 0.752. The molecule has 228 valence electrons. The Kier molecular flexibility index (Phi) is 6.91. The number of benzene rings is 7. The van der Waals surface area contributed by atoms with Crippen molar-refractivity contribution in [2.24, 2.45) is 5.92 Å². The van der Waals surface area contributed by atoms with Crippen LogP contribution in [0.5, 0.6) is 0 Å². The fourth-order valence-corrected chi connectivity index (χ4v) is 7.46. The molecule has 7 aromatic carbocycles. The van der Waals surface area contributed by atoms with E-state index in [0.717, 1.165) is 6.42 Å². The number of nitrogens with zero attached hydrogens (tertiary/aromatic N) is 1. The molecule has 0 N–H and O–H groups in total. The number of rotatable bonds is 7. The quantitative estimate of drug-likeness (QED) is 0.173. The van der Waals surface area contributed by atoms with Crippen LogP contribution in [-0.4, -0.2) is 5.54 Å².